The van der Waals surface area contributed by atoms with Crippen LogP contribution in [0.15, 0.2) is 18.5 Å². The van der Waals surface area contributed by atoms with Crippen molar-refractivity contribution in [2.45, 2.75) is 0 Å². The molecule has 0 aliphatic carbocycles. The lowest BCUT2D eigenvalue weighted by Crippen LogP contribution is -2.00. The van der Waals surface area contributed by atoms with Crippen LogP contribution in [0.2, 0.25) is 0 Å². The summed E-state index contributed by atoms with van der Waals surface area (Å²) in [7, 11) is 0. The van der Waals surface area contributed by atoms with Gasteiger partial charge in [-0.3, -0.25) is 4.98 Å². The molecule has 0 atom stereocenters. The minimum Gasteiger partial charge on any atom is -0.478 e. The highest BCUT2D eigenvalue weighted by molar-refractivity contribution is 6.19. The third kappa shape index (κ3) is 2.46. The Morgan fingerprint density at radius 3 is 3.08 bits per heavy atom. The van der Waals surface area contributed by atoms with Crippen LogP contribution in [0.3, 0.4) is 0 Å². The zero-order valence-electron chi connectivity index (χ0n) is 6.62. The maximum Gasteiger partial charge on any atom is 0.337 e. The van der Waals surface area contributed by atoms with Crippen molar-refractivity contribution in [1.82, 2.24) is 4.98 Å². The fourth-order valence-corrected chi connectivity index (χ4v) is 0.876. The number of carbonyl (C=O) groups is 1. The highest BCUT2D eigenvalue weighted by Crippen LogP contribution is 2.04. The molecule has 1 heterocycles. The molecule has 1 aromatic heterocycles. The predicted octanol–water partition coefficient (Wildman–Crippen LogP) is 1.37. The zero-order chi connectivity index (χ0) is 9.68. The van der Waals surface area contributed by atoms with Gasteiger partial charge in [-0.1, -0.05) is 11.8 Å². The molecule has 1 aromatic rings. The first-order valence-electron chi connectivity index (χ1n) is 3.48. The Bertz CT molecular complexity index is 379. The molecule has 0 bridgehead atoms. The molecule has 1 rings (SSSR count). The van der Waals surface area contributed by atoms with Crippen molar-refractivity contribution in [2.24, 2.45) is 0 Å². The van der Waals surface area contributed by atoms with E-state index in [1.54, 1.807) is 0 Å². The summed E-state index contributed by atoms with van der Waals surface area (Å²) in [5.74, 6) is 4.35. The number of carboxylic acid groups (broad SMARTS) is 1. The zero-order valence-corrected chi connectivity index (χ0v) is 7.38. The lowest BCUT2D eigenvalue weighted by molar-refractivity contribution is 0.0696. The van der Waals surface area contributed by atoms with Crippen molar-refractivity contribution in [1.29, 1.82) is 0 Å². The third-order valence-corrected chi connectivity index (χ3v) is 1.47. The van der Waals surface area contributed by atoms with Gasteiger partial charge in [-0.2, -0.15) is 0 Å². The van der Waals surface area contributed by atoms with E-state index in [0.717, 1.165) is 0 Å². The van der Waals surface area contributed by atoms with Gasteiger partial charge in [-0.25, -0.2) is 4.79 Å². The lowest BCUT2D eigenvalue weighted by atomic mass is 10.1. The molecule has 0 saturated carbocycles. The van der Waals surface area contributed by atoms with Gasteiger partial charge in [0.2, 0.25) is 0 Å². The topological polar surface area (TPSA) is 50.2 Å². The number of aromatic carboxylic acids is 1. The summed E-state index contributed by atoms with van der Waals surface area (Å²) in [5.41, 5.74) is 0.531. The van der Waals surface area contributed by atoms with E-state index in [0.29, 0.717) is 5.56 Å². The molecule has 1 N–H and O–H groups in total. The summed E-state index contributed by atoms with van der Waals surface area (Å²) in [6.07, 6.45) is 2.82. The van der Waals surface area contributed by atoms with Crippen LogP contribution in [-0.4, -0.2) is 21.9 Å². The Kier molecular flexibility index (Phi) is 3.30. The average Bonchev–Trinajstić information content (AvgIpc) is 2.15. The van der Waals surface area contributed by atoms with Gasteiger partial charge in [0.15, 0.2) is 0 Å². The van der Waals surface area contributed by atoms with E-state index in [2.05, 4.69) is 16.8 Å². The summed E-state index contributed by atoms with van der Waals surface area (Å²) in [6.45, 7) is 0. The van der Waals surface area contributed by atoms with Gasteiger partial charge in [0, 0.05) is 12.4 Å². The molecular weight excluding hydrogens is 190 g/mol. The summed E-state index contributed by atoms with van der Waals surface area (Å²) in [4.78, 5) is 14.4. The minimum absolute atomic E-state index is 0.146. The summed E-state index contributed by atoms with van der Waals surface area (Å²) in [5, 5.41) is 8.74. The fourth-order valence-electron chi connectivity index (χ4n) is 0.809. The second-order valence-corrected chi connectivity index (χ2v) is 2.43. The number of carboxylic acids is 1. The number of rotatable bonds is 1. The maximum atomic E-state index is 10.7. The third-order valence-electron chi connectivity index (χ3n) is 1.34. The molecule has 0 aliphatic heterocycles. The van der Waals surface area contributed by atoms with Crippen LogP contribution in [0, 0.1) is 11.8 Å². The van der Waals surface area contributed by atoms with E-state index in [1.807, 2.05) is 0 Å². The normalized spacial score (nSPS) is 8.69. The van der Waals surface area contributed by atoms with Crippen LogP contribution in [0.5, 0.6) is 0 Å². The van der Waals surface area contributed by atoms with Crippen molar-refractivity contribution in [3.05, 3.63) is 29.6 Å². The maximum absolute atomic E-state index is 10.7. The molecule has 0 amide bonds. The van der Waals surface area contributed by atoms with E-state index in [9.17, 15) is 4.79 Å². The largest absolute Gasteiger partial charge is 0.478 e. The number of pyridine rings is 1. The van der Waals surface area contributed by atoms with Crippen molar-refractivity contribution in [2.75, 3.05) is 5.88 Å². The van der Waals surface area contributed by atoms with E-state index >= 15 is 0 Å². The highest BCUT2D eigenvalue weighted by Gasteiger charge is 2.06. The van der Waals surface area contributed by atoms with Crippen LogP contribution in [-0.2, 0) is 0 Å². The van der Waals surface area contributed by atoms with Gasteiger partial charge in [-0.05, 0) is 6.07 Å². The lowest BCUT2D eigenvalue weighted by Gasteiger charge is -1.95. The molecular formula is C9H6ClNO2. The molecule has 3 nitrogen and oxygen atoms in total. The first-order chi connectivity index (χ1) is 6.25. The Morgan fingerprint density at radius 1 is 1.69 bits per heavy atom. The van der Waals surface area contributed by atoms with Crippen LogP contribution in [0.1, 0.15) is 15.9 Å². The minimum atomic E-state index is -1.01. The van der Waals surface area contributed by atoms with Crippen LogP contribution in [0.25, 0.3) is 0 Å². The quantitative estimate of drug-likeness (QED) is 0.544. The van der Waals surface area contributed by atoms with E-state index in [4.69, 9.17) is 16.7 Å². The van der Waals surface area contributed by atoms with Crippen molar-refractivity contribution < 1.29 is 9.90 Å². The Labute approximate surface area is 80.4 Å². The molecule has 4 heteroatoms. The van der Waals surface area contributed by atoms with E-state index < -0.39 is 5.97 Å². The number of hydrogen-bond acceptors (Lipinski definition) is 2. The molecule has 0 aromatic carbocycles. The van der Waals surface area contributed by atoms with E-state index in [1.165, 1.54) is 18.5 Å². The number of aromatic nitrogens is 1. The van der Waals surface area contributed by atoms with Gasteiger partial charge in [-0.15, -0.1) is 11.6 Å². The molecule has 0 saturated heterocycles. The van der Waals surface area contributed by atoms with Gasteiger partial charge in [0.05, 0.1) is 17.0 Å². The fraction of sp³-hybridized carbons (Fsp3) is 0.111. The monoisotopic (exact) mass is 195 g/mol. The van der Waals surface area contributed by atoms with Crippen molar-refractivity contribution in [3.8, 4) is 11.8 Å². The van der Waals surface area contributed by atoms with Crippen molar-refractivity contribution in [3.63, 3.8) is 0 Å². The first kappa shape index (κ1) is 9.56. The Morgan fingerprint density at radius 2 is 2.46 bits per heavy atom. The molecule has 0 fully saturated rings. The van der Waals surface area contributed by atoms with Gasteiger partial charge < -0.3 is 5.11 Å². The second-order valence-electron chi connectivity index (χ2n) is 2.16. The SMILES string of the molecule is O=C(O)c1ccncc1C#CCCl. The Balaban J connectivity index is 3.12. The molecule has 0 radical (unpaired) electrons. The predicted molar refractivity (Wildman–Crippen MR) is 48.8 cm³/mol. The molecule has 13 heavy (non-hydrogen) atoms. The molecule has 0 spiro atoms. The van der Waals surface area contributed by atoms with Crippen LogP contribution >= 0.6 is 11.6 Å². The first-order valence-corrected chi connectivity index (χ1v) is 4.01. The summed E-state index contributed by atoms with van der Waals surface area (Å²) < 4.78 is 0. The standard InChI is InChI=1S/C9H6ClNO2/c10-4-1-2-7-6-11-5-3-8(7)9(12)13/h3,5-6H,4H2,(H,12,13). The number of nitrogens with zero attached hydrogens (tertiary/aromatic N) is 1. The van der Waals surface area contributed by atoms with Crippen molar-refractivity contribution >= 4 is 17.6 Å². The van der Waals surface area contributed by atoms with E-state index in [-0.39, 0.29) is 11.4 Å². The van der Waals surface area contributed by atoms with Gasteiger partial charge in [0.1, 0.15) is 0 Å². The smallest absolute Gasteiger partial charge is 0.337 e. The highest BCUT2D eigenvalue weighted by atomic mass is 35.5. The van der Waals surface area contributed by atoms with Crippen LogP contribution < -0.4 is 0 Å². The number of halogens is 1. The van der Waals surface area contributed by atoms with Gasteiger partial charge >= 0.3 is 5.97 Å². The molecule has 0 unspecified atom stereocenters. The summed E-state index contributed by atoms with van der Waals surface area (Å²) >= 11 is 5.34. The van der Waals surface area contributed by atoms with Crippen LogP contribution in [0.4, 0.5) is 0 Å². The second kappa shape index (κ2) is 4.48. The summed E-state index contributed by atoms with van der Waals surface area (Å²) in [6, 6.07) is 1.40. The number of alkyl halides is 1. The number of hydrogen-bond donors (Lipinski definition) is 1. The Hall–Kier alpha value is -1.53. The average molecular weight is 196 g/mol. The molecule has 66 valence electrons. The van der Waals surface area contributed by atoms with Gasteiger partial charge in [0.25, 0.3) is 0 Å². The molecule has 0 aliphatic rings.